The minimum Gasteiger partial charge on any atom is -0.309 e. The molecular weight excluding hydrogens is 677 g/mol. The van der Waals surface area contributed by atoms with Crippen molar-refractivity contribution in [2.75, 3.05) is 4.90 Å². The largest absolute Gasteiger partial charge is 0.309 e. The average molecular weight is 713 g/mol. The van der Waals surface area contributed by atoms with E-state index in [-0.39, 0.29) is 0 Å². The minimum atomic E-state index is 1.09. The molecule has 11 aromatic rings. The van der Waals surface area contributed by atoms with E-state index in [1.165, 1.54) is 76.4 Å². The van der Waals surface area contributed by atoms with Crippen LogP contribution in [0, 0.1) is 0 Å². The zero-order chi connectivity index (χ0) is 37.0. The number of hydrogen-bond acceptors (Lipinski definition) is 1. The van der Waals surface area contributed by atoms with Crippen molar-refractivity contribution in [3.8, 4) is 27.9 Å². The molecule has 0 bridgehead atoms. The second-order valence-electron chi connectivity index (χ2n) is 14.5. The van der Waals surface area contributed by atoms with Crippen LogP contribution >= 0.6 is 0 Å². The van der Waals surface area contributed by atoms with Gasteiger partial charge in [0.1, 0.15) is 0 Å². The molecular formula is C54H36N2. The summed E-state index contributed by atoms with van der Waals surface area (Å²) in [5.41, 5.74) is 11.6. The Bertz CT molecular complexity index is 3230. The highest BCUT2D eigenvalue weighted by Gasteiger charge is 2.22. The first-order valence-corrected chi connectivity index (χ1v) is 19.3. The molecule has 262 valence electrons. The molecule has 0 radical (unpaired) electrons. The lowest BCUT2D eigenvalue weighted by Gasteiger charge is -2.30. The molecule has 0 N–H and O–H groups in total. The third kappa shape index (κ3) is 5.26. The molecule has 0 fully saturated rings. The Balaban J connectivity index is 1.16. The Kier molecular flexibility index (Phi) is 7.53. The van der Waals surface area contributed by atoms with Crippen molar-refractivity contribution >= 4 is 71.2 Å². The molecule has 0 aliphatic carbocycles. The molecule has 0 unspecified atom stereocenters. The molecule has 10 aromatic carbocycles. The van der Waals surface area contributed by atoms with Gasteiger partial charge in [0.15, 0.2) is 0 Å². The van der Waals surface area contributed by atoms with Crippen molar-refractivity contribution in [1.82, 2.24) is 4.57 Å². The molecule has 1 aromatic heterocycles. The number of para-hydroxylation sites is 1. The maximum atomic E-state index is 2.47. The van der Waals surface area contributed by atoms with Crippen LogP contribution in [-0.2, 0) is 0 Å². The number of aromatic nitrogens is 1. The molecule has 2 heteroatoms. The van der Waals surface area contributed by atoms with Gasteiger partial charge in [0.25, 0.3) is 0 Å². The van der Waals surface area contributed by atoms with E-state index in [0.29, 0.717) is 0 Å². The molecule has 0 atom stereocenters. The summed E-state index contributed by atoms with van der Waals surface area (Å²) in [5, 5.41) is 9.92. The van der Waals surface area contributed by atoms with Crippen LogP contribution in [0.2, 0.25) is 0 Å². The quantitative estimate of drug-likeness (QED) is 0.156. The topological polar surface area (TPSA) is 8.17 Å². The number of fused-ring (bicyclic) bond motifs is 7. The molecule has 11 rings (SSSR count). The fraction of sp³-hybridized carbons (Fsp3) is 0. The van der Waals surface area contributed by atoms with Gasteiger partial charge in [-0.1, -0.05) is 158 Å². The van der Waals surface area contributed by atoms with Gasteiger partial charge in [-0.3, -0.25) is 0 Å². The van der Waals surface area contributed by atoms with Gasteiger partial charge in [-0.25, -0.2) is 0 Å². The molecule has 56 heavy (non-hydrogen) atoms. The van der Waals surface area contributed by atoms with Crippen LogP contribution in [0.15, 0.2) is 218 Å². The van der Waals surface area contributed by atoms with Crippen molar-refractivity contribution in [2.45, 2.75) is 0 Å². The van der Waals surface area contributed by atoms with E-state index in [1.807, 2.05) is 0 Å². The van der Waals surface area contributed by atoms with Crippen molar-refractivity contribution in [3.63, 3.8) is 0 Å². The van der Waals surface area contributed by atoms with E-state index < -0.39 is 0 Å². The van der Waals surface area contributed by atoms with Gasteiger partial charge in [-0.15, -0.1) is 0 Å². The van der Waals surface area contributed by atoms with Crippen LogP contribution in [0.5, 0.6) is 0 Å². The molecule has 1 heterocycles. The van der Waals surface area contributed by atoms with E-state index in [9.17, 15) is 0 Å². The van der Waals surface area contributed by atoms with Gasteiger partial charge < -0.3 is 9.47 Å². The van der Waals surface area contributed by atoms with Crippen LogP contribution in [-0.4, -0.2) is 4.57 Å². The highest BCUT2D eigenvalue weighted by Crippen LogP contribution is 2.47. The fourth-order valence-corrected chi connectivity index (χ4v) is 8.70. The molecule has 0 spiro atoms. The number of rotatable bonds is 6. The summed E-state index contributed by atoms with van der Waals surface area (Å²) in [7, 11) is 0. The first-order chi connectivity index (χ1) is 27.8. The highest BCUT2D eigenvalue weighted by atomic mass is 15.1. The maximum Gasteiger partial charge on any atom is 0.0547 e. The SMILES string of the molecule is c1ccc(-c2ccc(N(c3ccc(-n4c5ccccc5c5cc6ccccc6cc54)cc3)c3cc4ccccc4c4ccccc34)c(-c3ccccc3)c2)cc1. The second kappa shape index (κ2) is 13.2. The lowest BCUT2D eigenvalue weighted by Crippen LogP contribution is -2.12. The molecule has 0 aliphatic rings. The van der Waals surface area contributed by atoms with Gasteiger partial charge in [0, 0.05) is 33.1 Å². The van der Waals surface area contributed by atoms with Gasteiger partial charge in [-0.2, -0.15) is 0 Å². The summed E-state index contributed by atoms with van der Waals surface area (Å²) in [5.74, 6) is 0. The van der Waals surface area contributed by atoms with Crippen molar-refractivity contribution in [3.05, 3.63) is 218 Å². The Hall–Kier alpha value is -7.42. The Morgan fingerprint density at radius 2 is 0.893 bits per heavy atom. The second-order valence-corrected chi connectivity index (χ2v) is 14.5. The summed E-state index contributed by atoms with van der Waals surface area (Å²) >= 11 is 0. The zero-order valence-corrected chi connectivity index (χ0v) is 30.7. The Morgan fingerprint density at radius 1 is 0.304 bits per heavy atom. The van der Waals surface area contributed by atoms with Crippen LogP contribution < -0.4 is 4.90 Å². The van der Waals surface area contributed by atoms with E-state index in [0.717, 1.165) is 22.7 Å². The predicted octanol–water partition coefficient (Wildman–Crippen LogP) is 15.0. The Morgan fingerprint density at radius 3 is 1.64 bits per heavy atom. The van der Waals surface area contributed by atoms with Crippen LogP contribution in [0.25, 0.3) is 82.1 Å². The lowest BCUT2D eigenvalue weighted by molar-refractivity contribution is 1.18. The number of benzene rings is 10. The third-order valence-corrected chi connectivity index (χ3v) is 11.3. The van der Waals surface area contributed by atoms with E-state index >= 15 is 0 Å². The normalized spacial score (nSPS) is 11.6. The summed E-state index contributed by atoms with van der Waals surface area (Å²) < 4.78 is 2.42. The molecule has 0 saturated carbocycles. The Labute approximate surface area is 325 Å². The first-order valence-electron chi connectivity index (χ1n) is 19.3. The van der Waals surface area contributed by atoms with Crippen LogP contribution in [0.1, 0.15) is 0 Å². The standard InChI is InChI=1S/C54H36N2/c1-3-15-37(16-4-1)41-27-32-52(49(33-41)38-17-5-2-6-18-38)56(53-36-42-21-9-10-22-45(42)46-23-11-12-24-47(46)53)44-30-28-43(29-31-44)55-51-26-14-13-25-48(51)50-34-39-19-7-8-20-40(39)35-54(50)55/h1-36H. The summed E-state index contributed by atoms with van der Waals surface area (Å²) in [6, 6.07) is 79.6. The molecule has 0 aliphatic heterocycles. The van der Waals surface area contributed by atoms with E-state index in [1.54, 1.807) is 0 Å². The first kappa shape index (κ1) is 32.0. The monoisotopic (exact) mass is 712 g/mol. The maximum absolute atomic E-state index is 2.47. The molecule has 2 nitrogen and oxygen atoms in total. The molecule has 0 amide bonds. The van der Waals surface area contributed by atoms with E-state index in [2.05, 4.69) is 228 Å². The van der Waals surface area contributed by atoms with Crippen molar-refractivity contribution in [2.24, 2.45) is 0 Å². The van der Waals surface area contributed by atoms with Crippen molar-refractivity contribution < 1.29 is 0 Å². The number of hydrogen-bond donors (Lipinski definition) is 0. The summed E-state index contributed by atoms with van der Waals surface area (Å²) in [6.07, 6.45) is 0. The highest BCUT2D eigenvalue weighted by molar-refractivity contribution is 6.16. The summed E-state index contributed by atoms with van der Waals surface area (Å²) in [4.78, 5) is 2.47. The zero-order valence-electron chi connectivity index (χ0n) is 30.7. The predicted molar refractivity (Wildman–Crippen MR) is 239 cm³/mol. The third-order valence-electron chi connectivity index (χ3n) is 11.3. The fourth-order valence-electron chi connectivity index (χ4n) is 8.70. The van der Waals surface area contributed by atoms with Gasteiger partial charge in [0.2, 0.25) is 0 Å². The van der Waals surface area contributed by atoms with Gasteiger partial charge >= 0.3 is 0 Å². The molecule has 0 saturated heterocycles. The number of nitrogens with zero attached hydrogens (tertiary/aromatic N) is 2. The summed E-state index contributed by atoms with van der Waals surface area (Å²) in [6.45, 7) is 0. The van der Waals surface area contributed by atoms with Gasteiger partial charge in [-0.05, 0) is 104 Å². The van der Waals surface area contributed by atoms with Gasteiger partial charge in [0.05, 0.1) is 22.4 Å². The minimum absolute atomic E-state index is 1.09. The lowest BCUT2D eigenvalue weighted by atomic mass is 9.95. The van der Waals surface area contributed by atoms with Crippen LogP contribution in [0.3, 0.4) is 0 Å². The van der Waals surface area contributed by atoms with Crippen molar-refractivity contribution in [1.29, 1.82) is 0 Å². The average Bonchev–Trinajstić information content (AvgIpc) is 3.59. The van der Waals surface area contributed by atoms with Crippen LogP contribution in [0.4, 0.5) is 17.1 Å². The smallest absolute Gasteiger partial charge is 0.0547 e. The van der Waals surface area contributed by atoms with E-state index in [4.69, 9.17) is 0 Å². The number of anilines is 3.